The number of morpholine rings is 1. The fourth-order valence-electron chi connectivity index (χ4n) is 3.24. The lowest BCUT2D eigenvalue weighted by Crippen LogP contribution is -2.40. The normalized spacial score (nSPS) is 15.2. The fraction of sp³-hybridized carbons (Fsp3) is 0.579. The first kappa shape index (κ1) is 22.9. The summed E-state index contributed by atoms with van der Waals surface area (Å²) in [6.07, 6.45) is 0. The zero-order valence-electron chi connectivity index (χ0n) is 18.1. The topological polar surface area (TPSA) is 96.8 Å². The zero-order chi connectivity index (χ0) is 22.1. The van der Waals surface area contributed by atoms with Gasteiger partial charge in [-0.2, -0.15) is 0 Å². The van der Waals surface area contributed by atoms with Crippen LogP contribution in [0.1, 0.15) is 21.1 Å². The summed E-state index contributed by atoms with van der Waals surface area (Å²) >= 11 is 1.30. The average molecular weight is 456 g/mol. The number of aryl methyl sites for hydroxylation is 1. The summed E-state index contributed by atoms with van der Waals surface area (Å²) < 4.78 is 35.3. The lowest BCUT2D eigenvalue weighted by atomic mass is 10.3. The van der Waals surface area contributed by atoms with E-state index in [2.05, 4.69) is 9.71 Å². The van der Waals surface area contributed by atoms with Gasteiger partial charge in [0.05, 0.1) is 24.6 Å². The molecule has 1 fully saturated rings. The van der Waals surface area contributed by atoms with E-state index in [-0.39, 0.29) is 10.8 Å². The van der Waals surface area contributed by atoms with Crippen LogP contribution in [0, 0.1) is 13.8 Å². The summed E-state index contributed by atoms with van der Waals surface area (Å²) in [6, 6.07) is 1.63. The molecule has 0 aromatic carbocycles. The molecule has 1 aliphatic rings. The largest absolute Gasteiger partial charge is 0.378 e. The summed E-state index contributed by atoms with van der Waals surface area (Å²) in [5, 5.41) is 0.629. The monoisotopic (exact) mass is 455 g/mol. The molecule has 0 radical (unpaired) electrons. The summed E-state index contributed by atoms with van der Waals surface area (Å²) in [5.41, 5.74) is 1.95. The van der Waals surface area contributed by atoms with Gasteiger partial charge in [-0.05, 0) is 34.0 Å². The molecule has 0 unspecified atom stereocenters. The standard InChI is InChI=1S/C19H29N5O4S2/c1-13-17(19(25)24-8-10-28-11-9-24)29-18(21-13)15-12-16(14(2)23(15)5)30(26,27)20-6-7-22(3)4/h12,20H,6-11H2,1-5H3. The summed E-state index contributed by atoms with van der Waals surface area (Å²) in [6.45, 7) is 6.72. The number of aromatic nitrogens is 2. The van der Waals surface area contributed by atoms with Crippen molar-refractivity contribution in [2.75, 3.05) is 53.5 Å². The van der Waals surface area contributed by atoms with E-state index < -0.39 is 10.0 Å². The maximum absolute atomic E-state index is 12.9. The van der Waals surface area contributed by atoms with Crippen molar-refractivity contribution >= 4 is 27.3 Å². The Bertz CT molecular complexity index is 1020. The SMILES string of the molecule is Cc1nc(-c2cc(S(=O)(=O)NCCN(C)C)c(C)n2C)sc1C(=O)N1CCOCC1. The van der Waals surface area contributed by atoms with Gasteiger partial charge in [0.2, 0.25) is 10.0 Å². The van der Waals surface area contributed by atoms with Gasteiger partial charge in [-0.15, -0.1) is 11.3 Å². The maximum atomic E-state index is 12.9. The molecule has 0 saturated carbocycles. The average Bonchev–Trinajstić information content (AvgIpc) is 3.22. The Morgan fingerprint density at radius 1 is 1.30 bits per heavy atom. The zero-order valence-corrected chi connectivity index (χ0v) is 19.7. The molecule has 1 N–H and O–H groups in total. The van der Waals surface area contributed by atoms with Crippen molar-refractivity contribution < 1.29 is 17.9 Å². The van der Waals surface area contributed by atoms with Crippen LogP contribution >= 0.6 is 11.3 Å². The molecule has 0 aliphatic carbocycles. The number of nitrogens with zero attached hydrogens (tertiary/aromatic N) is 4. The van der Waals surface area contributed by atoms with Gasteiger partial charge in [0.1, 0.15) is 14.8 Å². The van der Waals surface area contributed by atoms with Crippen LogP contribution in [0.2, 0.25) is 0 Å². The van der Waals surface area contributed by atoms with Crippen LogP contribution in [-0.4, -0.2) is 87.2 Å². The molecule has 3 heterocycles. The smallest absolute Gasteiger partial charge is 0.266 e. The van der Waals surface area contributed by atoms with Gasteiger partial charge in [0.25, 0.3) is 5.91 Å². The molecule has 11 heteroatoms. The van der Waals surface area contributed by atoms with Crippen molar-refractivity contribution in [1.29, 1.82) is 0 Å². The van der Waals surface area contributed by atoms with Crippen molar-refractivity contribution in [1.82, 2.24) is 24.1 Å². The van der Waals surface area contributed by atoms with Crippen molar-refractivity contribution in [3.63, 3.8) is 0 Å². The number of ether oxygens (including phenoxy) is 1. The number of sulfonamides is 1. The highest BCUT2D eigenvalue weighted by Crippen LogP contribution is 2.33. The minimum Gasteiger partial charge on any atom is -0.378 e. The third-order valence-electron chi connectivity index (χ3n) is 5.14. The number of thiazole rings is 1. The second kappa shape index (κ2) is 9.15. The first-order valence-corrected chi connectivity index (χ1v) is 12.1. The van der Waals surface area contributed by atoms with E-state index >= 15 is 0 Å². The van der Waals surface area contributed by atoms with Crippen molar-refractivity contribution in [2.24, 2.45) is 7.05 Å². The Balaban J connectivity index is 1.88. The molecule has 166 valence electrons. The molecule has 1 saturated heterocycles. The third kappa shape index (κ3) is 4.75. The van der Waals surface area contributed by atoms with E-state index in [9.17, 15) is 13.2 Å². The van der Waals surface area contributed by atoms with Gasteiger partial charge in [-0.25, -0.2) is 18.1 Å². The summed E-state index contributed by atoms with van der Waals surface area (Å²) in [5.74, 6) is -0.0521. The van der Waals surface area contributed by atoms with Gasteiger partial charge in [0, 0.05) is 38.9 Å². The van der Waals surface area contributed by atoms with Crippen LogP contribution in [0.5, 0.6) is 0 Å². The molecular formula is C19H29N5O4S2. The molecule has 2 aromatic heterocycles. The van der Waals surface area contributed by atoms with E-state index in [1.54, 1.807) is 17.9 Å². The minimum atomic E-state index is -3.64. The molecule has 0 bridgehead atoms. The minimum absolute atomic E-state index is 0.0521. The van der Waals surface area contributed by atoms with Gasteiger partial charge in [0.15, 0.2) is 0 Å². The number of nitrogens with one attached hydrogen (secondary N) is 1. The number of amides is 1. The van der Waals surface area contributed by atoms with E-state index in [4.69, 9.17) is 4.74 Å². The number of hydrogen-bond acceptors (Lipinski definition) is 7. The van der Waals surface area contributed by atoms with Crippen LogP contribution < -0.4 is 4.72 Å². The number of carbonyl (C=O) groups excluding carboxylic acids is 1. The lowest BCUT2D eigenvalue weighted by Gasteiger charge is -2.26. The number of hydrogen-bond donors (Lipinski definition) is 1. The van der Waals surface area contributed by atoms with Crippen molar-refractivity contribution in [2.45, 2.75) is 18.7 Å². The summed E-state index contributed by atoms with van der Waals surface area (Å²) in [7, 11) is 1.95. The highest BCUT2D eigenvalue weighted by molar-refractivity contribution is 7.89. The van der Waals surface area contributed by atoms with Gasteiger partial charge >= 0.3 is 0 Å². The maximum Gasteiger partial charge on any atom is 0.266 e. The van der Waals surface area contributed by atoms with Gasteiger partial charge < -0.3 is 19.1 Å². The Hall–Kier alpha value is -1.79. The Morgan fingerprint density at radius 2 is 1.97 bits per heavy atom. The predicted molar refractivity (Wildman–Crippen MR) is 116 cm³/mol. The second-order valence-corrected chi connectivity index (χ2v) is 10.3. The predicted octanol–water partition coefficient (Wildman–Crippen LogP) is 1.08. The Kier molecular flexibility index (Phi) is 6.98. The van der Waals surface area contributed by atoms with Crippen LogP contribution in [0.15, 0.2) is 11.0 Å². The molecular weight excluding hydrogens is 426 g/mol. The Morgan fingerprint density at radius 3 is 2.60 bits per heavy atom. The second-order valence-electron chi connectivity index (χ2n) is 7.58. The molecule has 1 aliphatic heterocycles. The van der Waals surface area contributed by atoms with Gasteiger partial charge in [-0.1, -0.05) is 0 Å². The van der Waals surface area contributed by atoms with Crippen LogP contribution in [-0.2, 0) is 21.8 Å². The molecule has 2 aromatic rings. The van der Waals surface area contributed by atoms with Crippen LogP contribution in [0.25, 0.3) is 10.7 Å². The van der Waals surface area contributed by atoms with Crippen molar-refractivity contribution in [3.05, 3.63) is 22.3 Å². The summed E-state index contributed by atoms with van der Waals surface area (Å²) in [4.78, 5) is 22.0. The van der Waals surface area contributed by atoms with E-state index in [0.29, 0.717) is 66.4 Å². The number of carbonyl (C=O) groups is 1. The van der Waals surface area contributed by atoms with E-state index in [1.807, 2.05) is 37.5 Å². The Labute approximate surface area is 181 Å². The van der Waals surface area contributed by atoms with Crippen molar-refractivity contribution in [3.8, 4) is 10.7 Å². The molecule has 30 heavy (non-hydrogen) atoms. The number of likely N-dealkylation sites (N-methyl/N-ethyl adjacent to an activating group) is 1. The molecule has 3 rings (SSSR count). The van der Waals surface area contributed by atoms with Crippen LogP contribution in [0.4, 0.5) is 0 Å². The van der Waals surface area contributed by atoms with Gasteiger partial charge in [-0.3, -0.25) is 4.79 Å². The third-order valence-corrected chi connectivity index (χ3v) is 7.88. The first-order valence-electron chi connectivity index (χ1n) is 9.77. The molecule has 0 spiro atoms. The molecule has 0 atom stereocenters. The number of rotatable bonds is 7. The molecule has 1 amide bonds. The van der Waals surface area contributed by atoms with Crippen LogP contribution in [0.3, 0.4) is 0 Å². The highest BCUT2D eigenvalue weighted by Gasteiger charge is 2.27. The lowest BCUT2D eigenvalue weighted by molar-refractivity contribution is 0.0305. The van der Waals surface area contributed by atoms with E-state index in [1.165, 1.54) is 11.3 Å². The fourth-order valence-corrected chi connectivity index (χ4v) is 5.64. The molecule has 9 nitrogen and oxygen atoms in total. The highest BCUT2D eigenvalue weighted by atomic mass is 32.2. The quantitative estimate of drug-likeness (QED) is 0.671. The van der Waals surface area contributed by atoms with E-state index in [0.717, 1.165) is 0 Å². The first-order chi connectivity index (χ1) is 14.1.